The number of carbonyl (C=O) groups excluding carboxylic acids is 2. The Morgan fingerprint density at radius 1 is 1.22 bits per heavy atom. The van der Waals surface area contributed by atoms with Crippen molar-refractivity contribution in [1.82, 2.24) is 0 Å². The average molecular weight is 394 g/mol. The lowest BCUT2D eigenvalue weighted by Gasteiger charge is -2.08. The van der Waals surface area contributed by atoms with Gasteiger partial charge in [-0.2, -0.15) is 5.26 Å². The molecule has 0 aliphatic heterocycles. The van der Waals surface area contributed by atoms with Gasteiger partial charge in [-0.25, -0.2) is 4.79 Å². The van der Waals surface area contributed by atoms with Gasteiger partial charge in [-0.15, -0.1) is 0 Å². The second kappa shape index (κ2) is 7.77. The van der Waals surface area contributed by atoms with E-state index in [2.05, 4.69) is 21.2 Å². The third kappa shape index (κ3) is 4.81. The SMILES string of the molecule is N#Cc1ccc(Cl)cc1NC(=O)COC(=O)c1ccc(Br)cc1. The van der Waals surface area contributed by atoms with Crippen LogP contribution in [-0.4, -0.2) is 18.5 Å². The van der Waals surface area contributed by atoms with Crippen LogP contribution in [0.3, 0.4) is 0 Å². The first-order chi connectivity index (χ1) is 11.0. The summed E-state index contributed by atoms with van der Waals surface area (Å²) in [5.74, 6) is -1.17. The van der Waals surface area contributed by atoms with Crippen LogP contribution in [0.25, 0.3) is 0 Å². The van der Waals surface area contributed by atoms with Gasteiger partial charge in [-0.3, -0.25) is 4.79 Å². The van der Waals surface area contributed by atoms with E-state index in [9.17, 15) is 9.59 Å². The lowest BCUT2D eigenvalue weighted by Crippen LogP contribution is -2.21. The highest BCUT2D eigenvalue weighted by Crippen LogP contribution is 2.20. The summed E-state index contributed by atoms with van der Waals surface area (Å²) in [6.45, 7) is -0.466. The topological polar surface area (TPSA) is 79.2 Å². The van der Waals surface area contributed by atoms with Gasteiger partial charge in [0.15, 0.2) is 6.61 Å². The molecule has 0 fully saturated rings. The van der Waals surface area contributed by atoms with Crippen LogP contribution in [0.2, 0.25) is 5.02 Å². The quantitative estimate of drug-likeness (QED) is 0.802. The molecule has 0 spiro atoms. The smallest absolute Gasteiger partial charge is 0.338 e. The Kier molecular flexibility index (Phi) is 5.74. The van der Waals surface area contributed by atoms with Crippen LogP contribution in [0, 0.1) is 11.3 Å². The van der Waals surface area contributed by atoms with Crippen LogP contribution in [0.5, 0.6) is 0 Å². The van der Waals surface area contributed by atoms with Crippen LogP contribution >= 0.6 is 27.5 Å². The zero-order chi connectivity index (χ0) is 16.8. The van der Waals surface area contributed by atoms with Crippen LogP contribution in [0.4, 0.5) is 5.69 Å². The molecule has 116 valence electrons. The summed E-state index contributed by atoms with van der Waals surface area (Å²) < 4.78 is 5.75. The number of halogens is 2. The molecule has 0 saturated carbocycles. The van der Waals surface area contributed by atoms with E-state index < -0.39 is 18.5 Å². The van der Waals surface area contributed by atoms with Gasteiger partial charge in [0.25, 0.3) is 5.91 Å². The lowest BCUT2D eigenvalue weighted by molar-refractivity contribution is -0.119. The molecule has 2 rings (SSSR count). The van der Waals surface area contributed by atoms with Crippen LogP contribution in [-0.2, 0) is 9.53 Å². The van der Waals surface area contributed by atoms with Gasteiger partial charge in [0.05, 0.1) is 16.8 Å². The normalized spacial score (nSPS) is 9.78. The largest absolute Gasteiger partial charge is 0.452 e. The Labute approximate surface area is 145 Å². The molecule has 0 unspecified atom stereocenters. The first kappa shape index (κ1) is 17.0. The molecule has 0 saturated heterocycles. The standard InChI is InChI=1S/C16H10BrClN2O3/c17-12-4-1-10(2-5-12)16(22)23-9-15(21)20-14-7-13(18)6-3-11(14)8-19/h1-7H,9H2,(H,20,21). The number of ether oxygens (including phenoxy) is 1. The molecule has 23 heavy (non-hydrogen) atoms. The second-order valence-electron chi connectivity index (χ2n) is 4.43. The third-order valence-electron chi connectivity index (χ3n) is 2.79. The van der Waals surface area contributed by atoms with Gasteiger partial charge in [0, 0.05) is 9.50 Å². The summed E-state index contributed by atoms with van der Waals surface area (Å²) in [6.07, 6.45) is 0. The number of hydrogen-bond donors (Lipinski definition) is 1. The maximum absolute atomic E-state index is 11.8. The summed E-state index contributed by atoms with van der Waals surface area (Å²) >= 11 is 9.09. The zero-order valence-electron chi connectivity index (χ0n) is 11.7. The van der Waals surface area contributed by atoms with Crippen molar-refractivity contribution in [1.29, 1.82) is 5.26 Å². The first-order valence-electron chi connectivity index (χ1n) is 6.42. The average Bonchev–Trinajstić information content (AvgIpc) is 2.53. The predicted octanol–water partition coefficient (Wildman–Crippen LogP) is 3.77. The monoisotopic (exact) mass is 392 g/mol. The first-order valence-corrected chi connectivity index (χ1v) is 7.59. The summed E-state index contributed by atoms with van der Waals surface area (Å²) in [7, 11) is 0. The lowest BCUT2D eigenvalue weighted by atomic mass is 10.2. The Morgan fingerprint density at radius 2 is 1.91 bits per heavy atom. The van der Waals surface area contributed by atoms with Crippen LogP contribution < -0.4 is 5.32 Å². The van der Waals surface area contributed by atoms with Gasteiger partial charge in [0.1, 0.15) is 6.07 Å². The third-order valence-corrected chi connectivity index (χ3v) is 3.55. The van der Waals surface area contributed by atoms with Crippen LogP contribution in [0.1, 0.15) is 15.9 Å². The minimum atomic E-state index is -0.612. The number of esters is 1. The van der Waals surface area contributed by atoms with Crippen molar-refractivity contribution < 1.29 is 14.3 Å². The molecule has 0 aliphatic carbocycles. The molecule has 0 aromatic heterocycles. The van der Waals surface area contributed by atoms with Crippen molar-refractivity contribution in [3.8, 4) is 6.07 Å². The fourth-order valence-corrected chi connectivity index (χ4v) is 2.14. The van der Waals surface area contributed by atoms with Gasteiger partial charge in [-0.1, -0.05) is 27.5 Å². The van der Waals surface area contributed by atoms with E-state index in [-0.39, 0.29) is 11.3 Å². The number of rotatable bonds is 4. The molecule has 0 aliphatic rings. The van der Waals surface area contributed by atoms with Crippen LogP contribution in [0.15, 0.2) is 46.9 Å². The van der Waals surface area contributed by atoms with Gasteiger partial charge in [-0.05, 0) is 42.5 Å². The fraction of sp³-hybridized carbons (Fsp3) is 0.0625. The Bertz CT molecular complexity index is 785. The van der Waals surface area contributed by atoms with Gasteiger partial charge < -0.3 is 10.1 Å². The highest BCUT2D eigenvalue weighted by molar-refractivity contribution is 9.10. The molecule has 1 amide bonds. The van der Waals surface area contributed by atoms with Gasteiger partial charge in [0.2, 0.25) is 0 Å². The molecule has 0 atom stereocenters. The van der Waals surface area contributed by atoms with E-state index in [0.29, 0.717) is 10.6 Å². The summed E-state index contributed by atoms with van der Waals surface area (Å²) in [4.78, 5) is 23.6. The number of carbonyl (C=O) groups is 2. The van der Waals surface area contributed by atoms with E-state index in [1.54, 1.807) is 30.3 Å². The van der Waals surface area contributed by atoms with E-state index in [1.807, 2.05) is 6.07 Å². The minimum absolute atomic E-state index is 0.266. The number of nitrogens with zero attached hydrogens (tertiary/aromatic N) is 1. The van der Waals surface area contributed by atoms with Crippen molar-refractivity contribution in [2.24, 2.45) is 0 Å². The van der Waals surface area contributed by atoms with E-state index in [1.165, 1.54) is 12.1 Å². The Morgan fingerprint density at radius 3 is 2.57 bits per heavy atom. The number of benzene rings is 2. The van der Waals surface area contributed by atoms with E-state index in [4.69, 9.17) is 21.6 Å². The number of anilines is 1. The van der Waals surface area contributed by atoms with Gasteiger partial charge >= 0.3 is 5.97 Å². The predicted molar refractivity (Wildman–Crippen MR) is 89.2 cm³/mol. The molecule has 0 radical (unpaired) electrons. The number of nitriles is 1. The van der Waals surface area contributed by atoms with Crippen molar-refractivity contribution in [2.45, 2.75) is 0 Å². The highest BCUT2D eigenvalue weighted by atomic mass is 79.9. The Hall–Kier alpha value is -2.36. The zero-order valence-corrected chi connectivity index (χ0v) is 14.0. The molecule has 0 heterocycles. The second-order valence-corrected chi connectivity index (χ2v) is 5.79. The number of nitrogens with one attached hydrogen (secondary N) is 1. The fourth-order valence-electron chi connectivity index (χ4n) is 1.70. The van der Waals surface area contributed by atoms with Crippen molar-refractivity contribution >= 4 is 45.1 Å². The molecular formula is C16H10BrClN2O3. The van der Waals surface area contributed by atoms with Crippen molar-refractivity contribution in [2.75, 3.05) is 11.9 Å². The molecule has 2 aromatic rings. The molecular weight excluding hydrogens is 384 g/mol. The van der Waals surface area contributed by atoms with E-state index in [0.717, 1.165) is 4.47 Å². The maximum Gasteiger partial charge on any atom is 0.338 e. The molecule has 1 N–H and O–H groups in total. The molecule has 7 heteroatoms. The van der Waals surface area contributed by atoms with Crippen molar-refractivity contribution in [3.05, 3.63) is 63.1 Å². The maximum atomic E-state index is 11.8. The summed E-state index contributed by atoms with van der Waals surface area (Å²) in [5, 5.41) is 11.8. The summed E-state index contributed by atoms with van der Waals surface area (Å²) in [5.41, 5.74) is 0.869. The number of hydrogen-bond acceptors (Lipinski definition) is 4. The van der Waals surface area contributed by atoms with E-state index >= 15 is 0 Å². The molecule has 0 bridgehead atoms. The minimum Gasteiger partial charge on any atom is -0.452 e. The van der Waals surface area contributed by atoms with Crippen molar-refractivity contribution in [3.63, 3.8) is 0 Å². The Balaban J connectivity index is 1.95. The molecule has 2 aromatic carbocycles. The highest BCUT2D eigenvalue weighted by Gasteiger charge is 2.12. The summed E-state index contributed by atoms with van der Waals surface area (Å²) in [6, 6.07) is 13.0. The molecule has 5 nitrogen and oxygen atoms in total. The number of amides is 1.